The van der Waals surface area contributed by atoms with Crippen molar-refractivity contribution in [3.8, 4) is 0 Å². The maximum Gasteiger partial charge on any atom is 0.338 e. The lowest BCUT2D eigenvalue weighted by molar-refractivity contribution is 0.0517. The standard InChI is InChI=1S/C25H23ClN2O4/c1-3-31-24(29)18-7-13-21(14-8-18)27-23(17-5-11-20(26)12-6-17)28-22-15-9-19(10-16-22)25(30)32-4-2/h5-16H,3-4H2,1-2H3,(H,27,28). The quantitative estimate of drug-likeness (QED) is 0.276. The molecule has 0 heterocycles. The van der Waals surface area contributed by atoms with Crippen LogP contribution in [0.3, 0.4) is 0 Å². The van der Waals surface area contributed by atoms with Crippen molar-refractivity contribution in [1.82, 2.24) is 0 Å². The predicted octanol–water partition coefficient (Wildman–Crippen LogP) is 5.88. The number of nitrogens with one attached hydrogen (secondary N) is 1. The van der Waals surface area contributed by atoms with Crippen molar-refractivity contribution in [3.63, 3.8) is 0 Å². The van der Waals surface area contributed by atoms with Crippen molar-refractivity contribution in [2.24, 2.45) is 4.99 Å². The topological polar surface area (TPSA) is 77.0 Å². The number of hydrogen-bond acceptors (Lipinski definition) is 5. The fourth-order valence-corrected chi connectivity index (χ4v) is 2.95. The first kappa shape index (κ1) is 23.0. The molecular weight excluding hydrogens is 428 g/mol. The van der Waals surface area contributed by atoms with Gasteiger partial charge in [-0.25, -0.2) is 14.6 Å². The van der Waals surface area contributed by atoms with Gasteiger partial charge in [0.1, 0.15) is 5.84 Å². The first-order chi connectivity index (χ1) is 15.5. The molecule has 32 heavy (non-hydrogen) atoms. The molecule has 0 aromatic heterocycles. The highest BCUT2D eigenvalue weighted by atomic mass is 35.5. The van der Waals surface area contributed by atoms with Gasteiger partial charge in [0.2, 0.25) is 0 Å². The number of carbonyl (C=O) groups excluding carboxylic acids is 2. The Morgan fingerprint density at radius 3 is 1.72 bits per heavy atom. The second kappa shape index (κ2) is 11.1. The Hall–Kier alpha value is -3.64. The third-order valence-electron chi connectivity index (χ3n) is 4.40. The zero-order valence-corrected chi connectivity index (χ0v) is 18.6. The minimum Gasteiger partial charge on any atom is -0.462 e. The van der Waals surface area contributed by atoms with Crippen LogP contribution in [0.4, 0.5) is 11.4 Å². The van der Waals surface area contributed by atoms with E-state index in [1.54, 1.807) is 74.5 Å². The Labute approximate surface area is 191 Å². The Morgan fingerprint density at radius 2 is 1.22 bits per heavy atom. The summed E-state index contributed by atoms with van der Waals surface area (Å²) in [7, 11) is 0. The second-order valence-corrected chi connectivity index (χ2v) is 7.09. The van der Waals surface area contributed by atoms with E-state index in [0.717, 1.165) is 11.3 Å². The van der Waals surface area contributed by atoms with Crippen LogP contribution >= 0.6 is 11.6 Å². The van der Waals surface area contributed by atoms with Crippen LogP contribution in [-0.2, 0) is 9.47 Å². The van der Waals surface area contributed by atoms with Crippen LogP contribution in [-0.4, -0.2) is 31.0 Å². The Balaban J connectivity index is 1.88. The van der Waals surface area contributed by atoms with E-state index in [9.17, 15) is 9.59 Å². The Bertz CT molecular complexity index is 1090. The largest absolute Gasteiger partial charge is 0.462 e. The van der Waals surface area contributed by atoms with Gasteiger partial charge in [0, 0.05) is 16.3 Å². The van der Waals surface area contributed by atoms with Gasteiger partial charge < -0.3 is 14.8 Å². The van der Waals surface area contributed by atoms with Gasteiger partial charge in [-0.05, 0) is 86.6 Å². The van der Waals surface area contributed by atoms with Crippen molar-refractivity contribution < 1.29 is 19.1 Å². The van der Waals surface area contributed by atoms with E-state index in [-0.39, 0.29) is 11.9 Å². The average Bonchev–Trinajstić information content (AvgIpc) is 2.80. The maximum absolute atomic E-state index is 11.9. The Kier molecular flexibility index (Phi) is 8.00. The first-order valence-corrected chi connectivity index (χ1v) is 10.5. The molecule has 0 saturated heterocycles. The van der Waals surface area contributed by atoms with E-state index in [2.05, 4.69) is 5.32 Å². The lowest BCUT2D eigenvalue weighted by Crippen LogP contribution is -2.13. The number of ether oxygens (including phenoxy) is 2. The molecule has 3 aromatic rings. The van der Waals surface area contributed by atoms with Gasteiger partial charge in [0.15, 0.2) is 0 Å². The van der Waals surface area contributed by atoms with Crippen molar-refractivity contribution in [3.05, 3.63) is 94.5 Å². The highest BCUT2D eigenvalue weighted by Gasteiger charge is 2.10. The van der Waals surface area contributed by atoms with Crippen molar-refractivity contribution in [1.29, 1.82) is 0 Å². The zero-order valence-electron chi connectivity index (χ0n) is 17.8. The molecule has 0 saturated carbocycles. The number of amidine groups is 1. The summed E-state index contributed by atoms with van der Waals surface area (Å²) >= 11 is 6.03. The molecule has 164 valence electrons. The number of benzene rings is 3. The van der Waals surface area contributed by atoms with Crippen molar-refractivity contribution in [2.45, 2.75) is 13.8 Å². The molecule has 0 unspecified atom stereocenters. The van der Waals surface area contributed by atoms with Gasteiger partial charge in [-0.2, -0.15) is 0 Å². The molecule has 6 nitrogen and oxygen atoms in total. The van der Waals surface area contributed by atoms with E-state index in [1.807, 2.05) is 12.1 Å². The molecule has 0 atom stereocenters. The monoisotopic (exact) mass is 450 g/mol. The van der Waals surface area contributed by atoms with Gasteiger partial charge in [-0.15, -0.1) is 0 Å². The summed E-state index contributed by atoms with van der Waals surface area (Å²) in [5, 5.41) is 3.90. The number of rotatable bonds is 7. The van der Waals surface area contributed by atoms with E-state index < -0.39 is 0 Å². The fraction of sp³-hybridized carbons (Fsp3) is 0.160. The molecule has 0 aliphatic rings. The molecular formula is C25H23ClN2O4. The molecule has 0 aliphatic carbocycles. The average molecular weight is 451 g/mol. The van der Waals surface area contributed by atoms with Crippen LogP contribution < -0.4 is 5.32 Å². The summed E-state index contributed by atoms with van der Waals surface area (Å²) in [6.07, 6.45) is 0. The minimum absolute atomic E-state index is 0.318. The molecule has 1 N–H and O–H groups in total. The SMILES string of the molecule is CCOC(=O)c1ccc(N=C(Nc2ccc(C(=O)OCC)cc2)c2ccc(Cl)cc2)cc1. The minimum atomic E-state index is -0.374. The smallest absolute Gasteiger partial charge is 0.338 e. The Morgan fingerprint density at radius 1 is 0.750 bits per heavy atom. The third kappa shape index (κ3) is 6.18. The van der Waals surface area contributed by atoms with Gasteiger partial charge >= 0.3 is 11.9 Å². The number of carbonyl (C=O) groups is 2. The number of hydrogen-bond donors (Lipinski definition) is 1. The lowest BCUT2D eigenvalue weighted by atomic mass is 10.1. The second-order valence-electron chi connectivity index (χ2n) is 6.66. The number of esters is 2. The van der Waals surface area contributed by atoms with E-state index in [1.165, 1.54) is 0 Å². The normalized spacial score (nSPS) is 11.0. The van der Waals surface area contributed by atoms with Crippen LogP contribution in [0.15, 0.2) is 77.8 Å². The summed E-state index contributed by atoms with van der Waals surface area (Å²) in [5.74, 6) is -0.164. The van der Waals surface area contributed by atoms with E-state index >= 15 is 0 Å². The molecule has 0 spiro atoms. The van der Waals surface area contributed by atoms with Gasteiger partial charge in [0.25, 0.3) is 0 Å². The molecule has 3 aromatic carbocycles. The van der Waals surface area contributed by atoms with E-state index in [0.29, 0.717) is 40.9 Å². The number of aliphatic imine (C=N–C) groups is 1. The molecule has 0 amide bonds. The lowest BCUT2D eigenvalue weighted by Gasteiger charge is -2.12. The molecule has 3 rings (SSSR count). The number of nitrogens with zero attached hydrogens (tertiary/aromatic N) is 1. The highest BCUT2D eigenvalue weighted by Crippen LogP contribution is 2.19. The molecule has 0 radical (unpaired) electrons. The third-order valence-corrected chi connectivity index (χ3v) is 4.65. The van der Waals surface area contributed by atoms with Gasteiger partial charge in [-0.3, -0.25) is 0 Å². The fourth-order valence-electron chi connectivity index (χ4n) is 2.83. The van der Waals surface area contributed by atoms with Crippen LogP contribution in [0.2, 0.25) is 5.02 Å². The predicted molar refractivity (Wildman–Crippen MR) is 126 cm³/mol. The summed E-state index contributed by atoms with van der Waals surface area (Å²) in [6.45, 7) is 4.17. The summed E-state index contributed by atoms with van der Waals surface area (Å²) in [4.78, 5) is 28.5. The highest BCUT2D eigenvalue weighted by molar-refractivity contribution is 6.30. The van der Waals surface area contributed by atoms with E-state index in [4.69, 9.17) is 26.1 Å². The van der Waals surface area contributed by atoms with Crippen LogP contribution in [0.1, 0.15) is 40.1 Å². The molecule has 7 heteroatoms. The van der Waals surface area contributed by atoms with Crippen molar-refractivity contribution in [2.75, 3.05) is 18.5 Å². The first-order valence-electron chi connectivity index (χ1n) is 10.2. The van der Waals surface area contributed by atoms with Gasteiger partial charge in [-0.1, -0.05) is 11.6 Å². The zero-order chi connectivity index (χ0) is 22.9. The number of halogens is 1. The molecule has 0 aliphatic heterocycles. The maximum atomic E-state index is 11.9. The van der Waals surface area contributed by atoms with Gasteiger partial charge in [0.05, 0.1) is 30.0 Å². The van der Waals surface area contributed by atoms with Crippen molar-refractivity contribution >= 4 is 40.7 Å². The molecule has 0 bridgehead atoms. The van der Waals surface area contributed by atoms with Crippen LogP contribution in [0, 0.1) is 0 Å². The summed E-state index contributed by atoms with van der Waals surface area (Å²) in [5.41, 5.74) is 3.14. The van der Waals surface area contributed by atoms with Crippen LogP contribution in [0.25, 0.3) is 0 Å². The number of anilines is 1. The summed E-state index contributed by atoms with van der Waals surface area (Å²) in [6, 6.07) is 21.0. The molecule has 0 fully saturated rings. The summed E-state index contributed by atoms with van der Waals surface area (Å²) < 4.78 is 10.0. The van der Waals surface area contributed by atoms with Crippen LogP contribution in [0.5, 0.6) is 0 Å².